The van der Waals surface area contributed by atoms with E-state index in [1.165, 1.54) is 10.9 Å². The third-order valence-electron chi connectivity index (χ3n) is 2.96. The summed E-state index contributed by atoms with van der Waals surface area (Å²) in [5, 5.41) is 13.8. The molecular weight excluding hydrogens is 263 g/mol. The van der Waals surface area contributed by atoms with E-state index in [2.05, 4.69) is 17.2 Å². The van der Waals surface area contributed by atoms with Gasteiger partial charge in [-0.25, -0.2) is 9.37 Å². The second-order valence-corrected chi connectivity index (χ2v) is 5.52. The fourth-order valence-electron chi connectivity index (χ4n) is 1.74. The van der Waals surface area contributed by atoms with Gasteiger partial charge in [-0.1, -0.05) is 19.1 Å². The van der Waals surface area contributed by atoms with E-state index in [1.54, 1.807) is 23.5 Å². The molecule has 0 amide bonds. The SMILES string of the molecule is CCc1cnc(C(C)NCc2cccc(F)c2O)s1. The number of aromatic hydroxyl groups is 1. The van der Waals surface area contributed by atoms with Crippen LogP contribution in [-0.2, 0) is 13.0 Å². The third kappa shape index (κ3) is 3.30. The minimum absolute atomic E-state index is 0.0768. The summed E-state index contributed by atoms with van der Waals surface area (Å²) in [6, 6.07) is 4.62. The van der Waals surface area contributed by atoms with Crippen molar-refractivity contribution >= 4 is 11.3 Å². The van der Waals surface area contributed by atoms with Gasteiger partial charge in [-0.15, -0.1) is 11.3 Å². The number of nitrogens with zero attached hydrogens (tertiary/aromatic N) is 1. The summed E-state index contributed by atoms with van der Waals surface area (Å²) < 4.78 is 13.2. The van der Waals surface area contributed by atoms with Crippen LogP contribution in [0.4, 0.5) is 4.39 Å². The number of halogens is 1. The molecule has 3 nitrogen and oxygen atoms in total. The Kier molecular flexibility index (Phi) is 4.50. The number of hydrogen-bond acceptors (Lipinski definition) is 4. The highest BCUT2D eigenvalue weighted by Gasteiger charge is 2.11. The molecule has 2 N–H and O–H groups in total. The molecule has 0 aliphatic carbocycles. The quantitative estimate of drug-likeness (QED) is 0.882. The fraction of sp³-hybridized carbons (Fsp3) is 0.357. The first-order chi connectivity index (χ1) is 9.11. The van der Waals surface area contributed by atoms with Crippen LogP contribution < -0.4 is 5.32 Å². The number of para-hydroxylation sites is 1. The molecule has 1 atom stereocenters. The van der Waals surface area contributed by atoms with Gasteiger partial charge in [0.05, 0.1) is 6.04 Å². The molecule has 1 aromatic heterocycles. The molecule has 2 aromatic rings. The maximum absolute atomic E-state index is 13.2. The van der Waals surface area contributed by atoms with Crippen LogP contribution in [0.25, 0.3) is 0 Å². The molecule has 0 radical (unpaired) electrons. The molecule has 0 aliphatic heterocycles. The minimum Gasteiger partial charge on any atom is -0.505 e. The standard InChI is InChI=1S/C14H17FN2OS/c1-3-11-8-17-14(19-11)9(2)16-7-10-5-4-6-12(15)13(10)18/h4-6,8-9,16,18H,3,7H2,1-2H3. The minimum atomic E-state index is -0.588. The summed E-state index contributed by atoms with van der Waals surface area (Å²) >= 11 is 1.67. The topological polar surface area (TPSA) is 45.2 Å². The summed E-state index contributed by atoms with van der Waals surface area (Å²) in [6.07, 6.45) is 2.87. The first-order valence-corrected chi connectivity index (χ1v) is 7.07. The molecule has 1 aromatic carbocycles. The van der Waals surface area contributed by atoms with Gasteiger partial charge in [-0.05, 0) is 19.4 Å². The number of aryl methyl sites for hydroxylation is 1. The average Bonchev–Trinajstić information content (AvgIpc) is 2.89. The van der Waals surface area contributed by atoms with Gasteiger partial charge in [0.2, 0.25) is 0 Å². The summed E-state index contributed by atoms with van der Waals surface area (Å²) in [5.74, 6) is -0.870. The molecule has 19 heavy (non-hydrogen) atoms. The van der Waals surface area contributed by atoms with E-state index >= 15 is 0 Å². The summed E-state index contributed by atoms with van der Waals surface area (Å²) in [7, 11) is 0. The lowest BCUT2D eigenvalue weighted by Crippen LogP contribution is -2.18. The van der Waals surface area contributed by atoms with Crippen molar-refractivity contribution in [3.63, 3.8) is 0 Å². The molecule has 0 bridgehead atoms. The lowest BCUT2D eigenvalue weighted by atomic mass is 10.2. The normalized spacial score (nSPS) is 12.6. The number of phenolic OH excluding ortho intramolecular Hbond substituents is 1. The highest BCUT2D eigenvalue weighted by Crippen LogP contribution is 2.23. The number of nitrogens with one attached hydrogen (secondary N) is 1. The van der Waals surface area contributed by atoms with Gasteiger partial charge in [-0.2, -0.15) is 0 Å². The van der Waals surface area contributed by atoms with E-state index in [0.29, 0.717) is 12.1 Å². The van der Waals surface area contributed by atoms with Crippen LogP contribution in [0.2, 0.25) is 0 Å². The van der Waals surface area contributed by atoms with Crippen molar-refractivity contribution < 1.29 is 9.50 Å². The van der Waals surface area contributed by atoms with Crippen molar-refractivity contribution in [3.8, 4) is 5.75 Å². The van der Waals surface area contributed by atoms with E-state index in [9.17, 15) is 9.50 Å². The van der Waals surface area contributed by atoms with Crippen LogP contribution in [0, 0.1) is 5.82 Å². The molecule has 102 valence electrons. The molecule has 0 aliphatic rings. The number of thiazole rings is 1. The Bertz CT molecular complexity index is 556. The lowest BCUT2D eigenvalue weighted by Gasteiger charge is -2.12. The maximum atomic E-state index is 13.2. The summed E-state index contributed by atoms with van der Waals surface area (Å²) in [4.78, 5) is 5.61. The van der Waals surface area contributed by atoms with E-state index in [1.807, 2.05) is 13.1 Å². The number of hydrogen-bond donors (Lipinski definition) is 2. The van der Waals surface area contributed by atoms with Gasteiger partial charge in [0.15, 0.2) is 11.6 Å². The zero-order valence-electron chi connectivity index (χ0n) is 11.0. The average molecular weight is 280 g/mol. The number of rotatable bonds is 5. The maximum Gasteiger partial charge on any atom is 0.165 e. The van der Waals surface area contributed by atoms with Gasteiger partial charge >= 0.3 is 0 Å². The van der Waals surface area contributed by atoms with Crippen molar-refractivity contribution in [2.45, 2.75) is 32.9 Å². The van der Waals surface area contributed by atoms with Crippen LogP contribution >= 0.6 is 11.3 Å². The molecule has 0 saturated carbocycles. The van der Waals surface area contributed by atoms with Crippen molar-refractivity contribution in [1.82, 2.24) is 10.3 Å². The molecule has 2 rings (SSSR count). The Morgan fingerprint density at radius 3 is 2.95 bits per heavy atom. The second-order valence-electron chi connectivity index (χ2n) is 4.37. The Hall–Kier alpha value is -1.46. The monoisotopic (exact) mass is 280 g/mol. The lowest BCUT2D eigenvalue weighted by molar-refractivity contribution is 0.420. The summed E-state index contributed by atoms with van der Waals surface area (Å²) in [6.45, 7) is 4.51. The van der Waals surface area contributed by atoms with Gasteiger partial charge in [-0.3, -0.25) is 0 Å². The highest BCUT2D eigenvalue weighted by molar-refractivity contribution is 7.11. The van der Waals surface area contributed by atoms with E-state index in [4.69, 9.17) is 0 Å². The smallest absolute Gasteiger partial charge is 0.165 e. The van der Waals surface area contributed by atoms with E-state index in [-0.39, 0.29) is 11.8 Å². The molecular formula is C14H17FN2OS. The number of benzene rings is 1. The Morgan fingerprint density at radius 1 is 1.47 bits per heavy atom. The van der Waals surface area contributed by atoms with Crippen molar-refractivity contribution in [2.24, 2.45) is 0 Å². The second kappa shape index (κ2) is 6.12. The highest BCUT2D eigenvalue weighted by atomic mass is 32.1. The van der Waals surface area contributed by atoms with E-state index < -0.39 is 5.82 Å². The van der Waals surface area contributed by atoms with E-state index in [0.717, 1.165) is 11.4 Å². The first kappa shape index (κ1) is 14.0. The fourth-order valence-corrected chi connectivity index (χ4v) is 2.62. The van der Waals surface area contributed by atoms with Crippen LogP contribution in [0.5, 0.6) is 5.75 Å². The molecule has 1 heterocycles. The van der Waals surface area contributed by atoms with Crippen molar-refractivity contribution in [1.29, 1.82) is 0 Å². The molecule has 1 unspecified atom stereocenters. The predicted molar refractivity (Wildman–Crippen MR) is 74.8 cm³/mol. The van der Waals surface area contributed by atoms with Crippen LogP contribution in [0.3, 0.4) is 0 Å². The van der Waals surface area contributed by atoms with Crippen molar-refractivity contribution in [2.75, 3.05) is 0 Å². The Labute approximate surface area is 116 Å². The summed E-state index contributed by atoms with van der Waals surface area (Å²) in [5.41, 5.74) is 0.555. The Balaban J connectivity index is 2.00. The molecule has 0 spiro atoms. The molecule has 0 fully saturated rings. The largest absolute Gasteiger partial charge is 0.505 e. The number of aromatic nitrogens is 1. The first-order valence-electron chi connectivity index (χ1n) is 6.26. The third-order valence-corrected chi connectivity index (χ3v) is 4.28. The van der Waals surface area contributed by atoms with Gasteiger partial charge in [0.1, 0.15) is 5.01 Å². The zero-order chi connectivity index (χ0) is 13.8. The van der Waals surface area contributed by atoms with Crippen molar-refractivity contribution in [3.05, 3.63) is 45.7 Å². The van der Waals surface area contributed by atoms with Crippen LogP contribution in [0.15, 0.2) is 24.4 Å². The van der Waals surface area contributed by atoms with Gasteiger partial charge in [0, 0.05) is 23.2 Å². The van der Waals surface area contributed by atoms with Gasteiger partial charge in [0.25, 0.3) is 0 Å². The zero-order valence-corrected chi connectivity index (χ0v) is 11.8. The molecule has 5 heteroatoms. The number of phenols is 1. The van der Waals surface area contributed by atoms with Gasteiger partial charge < -0.3 is 10.4 Å². The van der Waals surface area contributed by atoms with Crippen LogP contribution in [-0.4, -0.2) is 10.1 Å². The molecule has 0 saturated heterocycles. The predicted octanol–water partition coefficient (Wildman–Crippen LogP) is 3.40. The van der Waals surface area contributed by atoms with Crippen LogP contribution in [0.1, 0.15) is 35.3 Å². The Morgan fingerprint density at radius 2 is 2.26 bits per heavy atom.